The highest BCUT2D eigenvalue weighted by Gasteiger charge is 2.15. The van der Waals surface area contributed by atoms with Gasteiger partial charge in [0.15, 0.2) is 0 Å². The van der Waals surface area contributed by atoms with E-state index in [0.29, 0.717) is 0 Å². The van der Waals surface area contributed by atoms with E-state index in [4.69, 9.17) is 0 Å². The molecule has 0 spiro atoms. The number of carbonyl (C=O) groups excluding carboxylic acids is 1. The second kappa shape index (κ2) is 4.82. The molecule has 1 atom stereocenters. The van der Waals surface area contributed by atoms with Gasteiger partial charge in [0.2, 0.25) is 6.29 Å². The summed E-state index contributed by atoms with van der Waals surface area (Å²) in [5.74, 6) is -0.584. The molecule has 0 saturated carbocycles. The molecule has 0 radical (unpaired) electrons. The molecule has 1 N–H and O–H groups in total. The van der Waals surface area contributed by atoms with E-state index < -0.39 is 12.3 Å². The zero-order chi connectivity index (χ0) is 9.68. The van der Waals surface area contributed by atoms with E-state index in [-0.39, 0.29) is 0 Å². The summed E-state index contributed by atoms with van der Waals surface area (Å²) in [5, 5.41) is 9.42. The fourth-order valence-electron chi connectivity index (χ4n) is 1.32. The molecule has 0 heterocycles. The second-order valence-electron chi connectivity index (χ2n) is 3.02. The van der Waals surface area contributed by atoms with Gasteiger partial charge in [-0.25, -0.2) is 4.79 Å². The summed E-state index contributed by atoms with van der Waals surface area (Å²) >= 11 is 0. The van der Waals surface area contributed by atoms with Gasteiger partial charge >= 0.3 is 5.97 Å². The Kier molecular flexibility index (Phi) is 3.71. The summed E-state index contributed by atoms with van der Waals surface area (Å²) in [7, 11) is 0. The molecule has 1 aliphatic rings. The number of aliphatic hydroxyl groups excluding tert-OH is 1. The van der Waals surface area contributed by atoms with Crippen molar-refractivity contribution in [2.24, 2.45) is 0 Å². The van der Waals surface area contributed by atoms with Crippen LogP contribution in [0.4, 0.5) is 0 Å². The Morgan fingerprint density at radius 2 is 2.46 bits per heavy atom. The maximum Gasteiger partial charge on any atom is 0.332 e. The second-order valence-corrected chi connectivity index (χ2v) is 3.02. The summed E-state index contributed by atoms with van der Waals surface area (Å²) in [6.45, 7) is 3.25. The van der Waals surface area contributed by atoms with Crippen molar-refractivity contribution in [3.63, 3.8) is 0 Å². The van der Waals surface area contributed by atoms with Crippen LogP contribution in [0.2, 0.25) is 0 Å². The van der Waals surface area contributed by atoms with Gasteiger partial charge in [0.1, 0.15) is 0 Å². The molecule has 0 saturated heterocycles. The zero-order valence-electron chi connectivity index (χ0n) is 7.53. The summed E-state index contributed by atoms with van der Waals surface area (Å²) in [6, 6.07) is 0. The maximum absolute atomic E-state index is 10.7. The van der Waals surface area contributed by atoms with E-state index in [1.807, 2.05) is 6.08 Å². The number of carbonyl (C=O) groups is 1. The van der Waals surface area contributed by atoms with Crippen molar-refractivity contribution in [2.75, 3.05) is 0 Å². The van der Waals surface area contributed by atoms with Gasteiger partial charge in [-0.1, -0.05) is 12.7 Å². The molecule has 1 aliphatic carbocycles. The van der Waals surface area contributed by atoms with Crippen molar-refractivity contribution in [3.8, 4) is 0 Å². The molecule has 0 aromatic rings. The van der Waals surface area contributed by atoms with E-state index in [9.17, 15) is 9.90 Å². The summed E-state index contributed by atoms with van der Waals surface area (Å²) in [6.07, 6.45) is 5.87. The average molecular weight is 182 g/mol. The molecule has 0 aliphatic heterocycles. The van der Waals surface area contributed by atoms with Crippen molar-refractivity contribution in [2.45, 2.75) is 32.0 Å². The smallest absolute Gasteiger partial charge is 0.332 e. The molecule has 0 amide bonds. The first-order valence-corrected chi connectivity index (χ1v) is 4.44. The molecular weight excluding hydrogens is 168 g/mol. The third kappa shape index (κ3) is 3.03. The number of hydrogen-bond acceptors (Lipinski definition) is 3. The van der Waals surface area contributed by atoms with Crippen molar-refractivity contribution in [1.29, 1.82) is 0 Å². The minimum absolute atomic E-state index is 0.584. The van der Waals surface area contributed by atoms with Gasteiger partial charge in [-0.15, -0.1) is 0 Å². The highest BCUT2D eigenvalue weighted by Crippen LogP contribution is 2.20. The van der Waals surface area contributed by atoms with E-state index in [1.165, 1.54) is 0 Å². The zero-order valence-corrected chi connectivity index (χ0v) is 7.53. The first kappa shape index (κ1) is 9.99. The molecule has 3 nitrogen and oxygen atoms in total. The quantitative estimate of drug-likeness (QED) is 0.311. The normalized spacial score (nSPS) is 18.7. The molecule has 13 heavy (non-hydrogen) atoms. The standard InChI is InChI=1S/C10H14O3/c1-2-9(11)13-10(12)8-6-4-3-5-7-8/h2,6,10,12H,1,3-5,7H2. The monoisotopic (exact) mass is 182 g/mol. The van der Waals surface area contributed by atoms with Crippen molar-refractivity contribution in [1.82, 2.24) is 0 Å². The van der Waals surface area contributed by atoms with Crippen LogP contribution >= 0.6 is 0 Å². The molecule has 1 unspecified atom stereocenters. The highest BCUT2D eigenvalue weighted by atomic mass is 16.6. The van der Waals surface area contributed by atoms with E-state index >= 15 is 0 Å². The summed E-state index contributed by atoms with van der Waals surface area (Å²) in [4.78, 5) is 10.7. The molecule has 0 aromatic heterocycles. The minimum atomic E-state index is -1.08. The van der Waals surface area contributed by atoms with E-state index in [0.717, 1.165) is 37.3 Å². The lowest BCUT2D eigenvalue weighted by Crippen LogP contribution is -2.19. The minimum Gasteiger partial charge on any atom is -0.429 e. The van der Waals surface area contributed by atoms with Crippen LogP contribution in [0.1, 0.15) is 25.7 Å². The van der Waals surface area contributed by atoms with Gasteiger partial charge in [-0.3, -0.25) is 0 Å². The molecule has 1 rings (SSSR count). The molecule has 0 fully saturated rings. The van der Waals surface area contributed by atoms with Crippen LogP contribution in [-0.4, -0.2) is 17.4 Å². The molecular formula is C10H14O3. The van der Waals surface area contributed by atoms with Gasteiger partial charge < -0.3 is 9.84 Å². The highest BCUT2D eigenvalue weighted by molar-refractivity contribution is 5.81. The van der Waals surface area contributed by atoms with Crippen LogP contribution in [-0.2, 0) is 9.53 Å². The Hall–Kier alpha value is -1.09. The van der Waals surface area contributed by atoms with Gasteiger partial charge in [0.25, 0.3) is 0 Å². The van der Waals surface area contributed by atoms with Crippen LogP contribution < -0.4 is 0 Å². The summed E-state index contributed by atoms with van der Waals surface area (Å²) < 4.78 is 4.67. The van der Waals surface area contributed by atoms with Crippen LogP contribution in [0.15, 0.2) is 24.3 Å². The molecule has 3 heteroatoms. The van der Waals surface area contributed by atoms with Gasteiger partial charge in [-0.2, -0.15) is 0 Å². The van der Waals surface area contributed by atoms with Gasteiger partial charge in [0.05, 0.1) is 0 Å². The Labute approximate surface area is 77.7 Å². The van der Waals surface area contributed by atoms with Crippen LogP contribution in [0.5, 0.6) is 0 Å². The molecule has 0 bridgehead atoms. The SMILES string of the molecule is C=CC(=O)OC(O)C1=CCCCC1. The third-order valence-electron chi connectivity index (χ3n) is 2.04. The molecule has 72 valence electrons. The number of allylic oxidation sites excluding steroid dienone is 1. The average Bonchev–Trinajstić information content (AvgIpc) is 2.19. The van der Waals surface area contributed by atoms with Crippen LogP contribution in [0.25, 0.3) is 0 Å². The predicted octanol–water partition coefficient (Wildman–Crippen LogP) is 1.53. The van der Waals surface area contributed by atoms with Crippen LogP contribution in [0.3, 0.4) is 0 Å². The number of rotatable bonds is 3. The number of hydrogen-bond donors (Lipinski definition) is 1. The third-order valence-corrected chi connectivity index (χ3v) is 2.04. The first-order valence-electron chi connectivity index (χ1n) is 4.44. The van der Waals surface area contributed by atoms with Crippen LogP contribution in [0, 0.1) is 0 Å². The fourth-order valence-corrected chi connectivity index (χ4v) is 1.32. The predicted molar refractivity (Wildman–Crippen MR) is 48.8 cm³/mol. The Balaban J connectivity index is 2.46. The van der Waals surface area contributed by atoms with Gasteiger partial charge in [0, 0.05) is 6.08 Å². The van der Waals surface area contributed by atoms with Crippen molar-refractivity contribution in [3.05, 3.63) is 24.3 Å². The summed E-state index contributed by atoms with van der Waals surface area (Å²) in [5.41, 5.74) is 0.807. The van der Waals surface area contributed by atoms with E-state index in [2.05, 4.69) is 11.3 Å². The fraction of sp³-hybridized carbons (Fsp3) is 0.500. The molecule has 0 aromatic carbocycles. The Morgan fingerprint density at radius 1 is 1.69 bits per heavy atom. The number of esters is 1. The first-order chi connectivity index (χ1) is 6.24. The lowest BCUT2D eigenvalue weighted by atomic mass is 9.99. The largest absolute Gasteiger partial charge is 0.429 e. The number of aliphatic hydroxyl groups is 1. The topological polar surface area (TPSA) is 46.5 Å². The lowest BCUT2D eigenvalue weighted by molar-refractivity contribution is -0.156. The van der Waals surface area contributed by atoms with Crippen molar-refractivity contribution < 1.29 is 14.6 Å². The van der Waals surface area contributed by atoms with Crippen molar-refractivity contribution >= 4 is 5.97 Å². The lowest BCUT2D eigenvalue weighted by Gasteiger charge is -2.17. The maximum atomic E-state index is 10.7. The Bertz CT molecular complexity index is 230. The van der Waals surface area contributed by atoms with E-state index in [1.54, 1.807) is 0 Å². The Morgan fingerprint density at radius 3 is 3.00 bits per heavy atom. The number of ether oxygens (including phenoxy) is 1. The van der Waals surface area contributed by atoms with Gasteiger partial charge in [-0.05, 0) is 31.3 Å².